The summed E-state index contributed by atoms with van der Waals surface area (Å²) < 4.78 is 97.9. The van der Waals surface area contributed by atoms with Gasteiger partial charge in [0.25, 0.3) is 0 Å². The third-order valence-electron chi connectivity index (χ3n) is 23.0. The molecule has 0 bridgehead atoms. The lowest BCUT2D eigenvalue weighted by Crippen LogP contribution is -2.63. The number of fused-ring (bicyclic) bond motifs is 5. The maximum Gasteiger partial charge on any atom is 0.333 e. The van der Waals surface area contributed by atoms with E-state index in [2.05, 4.69) is 19.9 Å². The number of hydrogen-bond donors (Lipinski definition) is 11. The number of aliphatic hydroxyl groups is 11. The topological polar surface area (TPSA) is 387 Å². The number of allylic oxidation sites excluding steroid dienone is 2. The molecule has 534 valence electrons. The van der Waals surface area contributed by atoms with Crippen molar-refractivity contribution in [2.75, 3.05) is 41.2 Å². The monoisotopic (exact) mass is 1330 g/mol. The number of esters is 1. The molecular formula is C65H106O28. The SMILES string of the molecule is CC=C(C)C(=O)OC1C(C)OC(OC2C(C)OC(OC3C(C)OC(OC4CCC5(C)C(=CCC6C5CCC5(C)C(C(C)OC7OC(COC8OC(COC9OC(CO)C(O)C(O)C9O)C(O)C(O)C8O)C(O)C(O)C7O)CCC65O)C4)CC3OC)CC2OC)CC1OC. The maximum atomic E-state index is 13.2. The lowest BCUT2D eigenvalue weighted by molar-refractivity contribution is -0.346. The number of rotatable bonds is 21. The van der Waals surface area contributed by atoms with Gasteiger partial charge in [-0.2, -0.15) is 0 Å². The molecule has 28 nitrogen and oxygen atoms in total. The lowest BCUT2D eigenvalue weighted by Gasteiger charge is -2.61. The number of aliphatic hydroxyl groups excluding tert-OH is 10. The summed E-state index contributed by atoms with van der Waals surface area (Å²) in [6.07, 6.45) is -20.5. The normalized spacial score (nSPS) is 50.8. The number of ether oxygens (including phenoxy) is 16. The second kappa shape index (κ2) is 30.4. The Hall–Kier alpha value is -2.09. The highest BCUT2D eigenvalue weighted by atomic mass is 16.8. The fourth-order valence-electron chi connectivity index (χ4n) is 17.2. The number of hydrogen-bond acceptors (Lipinski definition) is 28. The van der Waals surface area contributed by atoms with Crippen molar-refractivity contribution in [3.05, 3.63) is 23.3 Å². The molecule has 0 aromatic carbocycles. The van der Waals surface area contributed by atoms with E-state index in [-0.39, 0.29) is 35.4 Å². The van der Waals surface area contributed by atoms with E-state index in [1.165, 1.54) is 5.57 Å². The second-order valence-corrected chi connectivity index (χ2v) is 28.2. The van der Waals surface area contributed by atoms with E-state index in [4.69, 9.17) is 75.8 Å². The highest BCUT2D eigenvalue weighted by Crippen LogP contribution is 2.69. The number of methoxy groups -OCH3 is 3. The van der Waals surface area contributed by atoms with Crippen LogP contribution in [0, 0.1) is 28.6 Å². The first-order valence-electron chi connectivity index (χ1n) is 33.5. The molecule has 11 N–H and O–H groups in total. The number of carbonyl (C=O) groups excluding carboxylic acids is 1. The molecule has 6 aliphatic heterocycles. The molecule has 4 aliphatic carbocycles. The van der Waals surface area contributed by atoms with Crippen molar-refractivity contribution in [3.63, 3.8) is 0 Å². The van der Waals surface area contributed by atoms with Crippen LogP contribution in [0.3, 0.4) is 0 Å². The number of carbonyl (C=O) groups is 1. The lowest BCUT2D eigenvalue weighted by atomic mass is 9.45. The maximum absolute atomic E-state index is 13.2. The molecule has 93 heavy (non-hydrogen) atoms. The highest BCUT2D eigenvalue weighted by Gasteiger charge is 2.68. The predicted molar refractivity (Wildman–Crippen MR) is 319 cm³/mol. The van der Waals surface area contributed by atoms with Crippen molar-refractivity contribution in [3.8, 4) is 0 Å². The van der Waals surface area contributed by atoms with Crippen LogP contribution in [0.5, 0.6) is 0 Å². The van der Waals surface area contributed by atoms with E-state index >= 15 is 0 Å². The second-order valence-electron chi connectivity index (χ2n) is 28.2. The minimum Gasteiger partial charge on any atom is -0.453 e. The van der Waals surface area contributed by atoms with Gasteiger partial charge in [0.2, 0.25) is 0 Å². The summed E-state index contributed by atoms with van der Waals surface area (Å²) in [6, 6.07) is 0. The van der Waals surface area contributed by atoms with Crippen LogP contribution in [0.4, 0.5) is 0 Å². The standard InChI is InChI=1S/C65H106O28/c1-12-28(2)59(76)93-58-32(6)85-46(24-40(58)80-11)92-57-31(5)84-45(23-39(57)79-10)91-56-30(4)83-44(22-38(56)78-9)87-34-15-18-63(7)33(21-34)13-14-37-36(63)16-19-64(8)35(17-20-65(37,64)77)29(3)86-62-55(75)52(72)49(69)43(90-62)27-82-61-54(74)51(71)48(68)42(89-61)26-81-60-53(73)50(70)47(67)41(25-66)88-60/h12-13,29-32,34-58,60-62,66-75,77H,14-27H2,1-11H3. The summed E-state index contributed by atoms with van der Waals surface area (Å²) in [5.41, 5.74) is -0.0114. The first-order chi connectivity index (χ1) is 44.1. The van der Waals surface area contributed by atoms with Gasteiger partial charge in [-0.05, 0) is 116 Å². The van der Waals surface area contributed by atoms with E-state index in [1.54, 1.807) is 41.3 Å². The molecule has 0 amide bonds. The van der Waals surface area contributed by atoms with Gasteiger partial charge in [-0.1, -0.05) is 31.6 Å². The summed E-state index contributed by atoms with van der Waals surface area (Å²) in [6.45, 7) is 13.6. The summed E-state index contributed by atoms with van der Waals surface area (Å²) in [7, 11) is 4.87. The van der Waals surface area contributed by atoms with Gasteiger partial charge in [-0.3, -0.25) is 0 Å². The minimum absolute atomic E-state index is 0.0418. The smallest absolute Gasteiger partial charge is 0.333 e. The Morgan fingerprint density at radius 3 is 1.59 bits per heavy atom. The van der Waals surface area contributed by atoms with E-state index in [0.717, 1.165) is 25.7 Å². The first kappa shape index (κ1) is 73.6. The van der Waals surface area contributed by atoms with Crippen molar-refractivity contribution in [2.24, 2.45) is 28.6 Å². The van der Waals surface area contributed by atoms with Gasteiger partial charge >= 0.3 is 5.97 Å². The molecule has 3 saturated carbocycles. The molecule has 0 aromatic rings. The zero-order valence-electron chi connectivity index (χ0n) is 55.4. The molecule has 6 saturated heterocycles. The Bertz CT molecular complexity index is 2510. The summed E-state index contributed by atoms with van der Waals surface area (Å²) in [4.78, 5) is 12.6. The summed E-state index contributed by atoms with van der Waals surface area (Å²) in [5.74, 6) is -0.469. The Morgan fingerprint density at radius 1 is 0.602 bits per heavy atom. The van der Waals surface area contributed by atoms with Crippen LogP contribution in [0.2, 0.25) is 0 Å². The van der Waals surface area contributed by atoms with Gasteiger partial charge in [-0.25, -0.2) is 4.79 Å². The Morgan fingerprint density at radius 2 is 1.08 bits per heavy atom. The van der Waals surface area contributed by atoms with Crippen molar-refractivity contribution < 1.29 is 137 Å². The van der Waals surface area contributed by atoms with Crippen LogP contribution in [-0.2, 0) is 80.6 Å². The van der Waals surface area contributed by atoms with E-state index in [1.807, 2.05) is 27.7 Å². The van der Waals surface area contributed by atoms with E-state index in [0.29, 0.717) is 50.5 Å². The van der Waals surface area contributed by atoms with Gasteiger partial charge in [0.05, 0.1) is 68.1 Å². The highest BCUT2D eigenvalue weighted by molar-refractivity contribution is 5.87. The average Bonchev–Trinajstić information content (AvgIpc) is 1.65. The van der Waals surface area contributed by atoms with Crippen LogP contribution in [0.15, 0.2) is 23.3 Å². The fourth-order valence-corrected chi connectivity index (χ4v) is 17.2. The van der Waals surface area contributed by atoms with E-state index in [9.17, 15) is 61.0 Å². The molecule has 0 radical (unpaired) electrons. The van der Waals surface area contributed by atoms with Gasteiger partial charge in [0.1, 0.15) is 91.6 Å². The quantitative estimate of drug-likeness (QED) is 0.0410. The Kier molecular flexibility index (Phi) is 24.1. The molecule has 0 spiro atoms. The zero-order valence-corrected chi connectivity index (χ0v) is 55.4. The van der Waals surface area contributed by atoms with Crippen LogP contribution in [0.1, 0.15) is 126 Å². The predicted octanol–water partition coefficient (Wildman–Crippen LogP) is 0.0170. The molecule has 9 fully saturated rings. The van der Waals surface area contributed by atoms with Crippen LogP contribution < -0.4 is 0 Å². The first-order valence-corrected chi connectivity index (χ1v) is 33.5. The van der Waals surface area contributed by atoms with Crippen molar-refractivity contribution >= 4 is 5.97 Å². The molecule has 6 heterocycles. The average molecular weight is 1340 g/mol. The van der Waals surface area contributed by atoms with Gasteiger partial charge in [0, 0.05) is 51.6 Å². The molecule has 35 atom stereocenters. The largest absolute Gasteiger partial charge is 0.453 e. The zero-order chi connectivity index (χ0) is 67.3. The molecule has 10 aliphatic rings. The van der Waals surface area contributed by atoms with Crippen LogP contribution >= 0.6 is 0 Å². The van der Waals surface area contributed by atoms with Crippen molar-refractivity contribution in [1.29, 1.82) is 0 Å². The Labute approximate surface area is 543 Å². The molecule has 35 unspecified atom stereocenters. The van der Waals surface area contributed by atoms with Gasteiger partial charge in [-0.15, -0.1) is 0 Å². The molecule has 10 rings (SSSR count). The summed E-state index contributed by atoms with van der Waals surface area (Å²) in [5, 5.41) is 119. The van der Waals surface area contributed by atoms with Crippen molar-refractivity contribution in [1.82, 2.24) is 0 Å². The van der Waals surface area contributed by atoms with Crippen LogP contribution in [0.25, 0.3) is 0 Å². The third kappa shape index (κ3) is 14.6. The summed E-state index contributed by atoms with van der Waals surface area (Å²) >= 11 is 0. The van der Waals surface area contributed by atoms with Gasteiger partial charge < -0.3 is 132 Å². The third-order valence-corrected chi connectivity index (χ3v) is 23.0. The van der Waals surface area contributed by atoms with E-state index < -0.39 is 203 Å². The van der Waals surface area contributed by atoms with Gasteiger partial charge in [0.15, 0.2) is 43.8 Å². The molecular weight excluding hydrogens is 1230 g/mol. The minimum atomic E-state index is -1.85. The Balaban J connectivity index is 0.701. The van der Waals surface area contributed by atoms with Crippen LogP contribution in [-0.4, -0.2) is 287 Å². The fraction of sp³-hybridized carbons (Fsp3) is 0.923. The van der Waals surface area contributed by atoms with Crippen molar-refractivity contribution in [2.45, 2.75) is 310 Å². The molecule has 28 heteroatoms. The molecule has 0 aromatic heterocycles.